The van der Waals surface area contributed by atoms with Crippen LogP contribution in [0.15, 0.2) is 54.6 Å². The third-order valence-corrected chi connectivity index (χ3v) is 4.63. The van der Waals surface area contributed by atoms with Crippen LogP contribution in [0.2, 0.25) is 0 Å². The number of benzene rings is 2. The molecule has 0 bridgehead atoms. The van der Waals surface area contributed by atoms with E-state index in [4.69, 9.17) is 5.21 Å². The summed E-state index contributed by atoms with van der Waals surface area (Å²) in [4.78, 5) is 37.8. The number of fused-ring (bicyclic) bond motifs is 1. The molecule has 3 amide bonds. The Balaban J connectivity index is 1.57. The minimum atomic E-state index is -0.469. The number of carbonyl (C=O) groups is 3. The SMILES string of the molecule is O=C(NO)[C@H](CCCCN1C(=O)c2ccccc2C1=O)c1ccccc1. The first-order chi connectivity index (χ1) is 12.6. The van der Waals surface area contributed by atoms with Crippen molar-refractivity contribution < 1.29 is 19.6 Å². The first-order valence-electron chi connectivity index (χ1n) is 8.57. The highest BCUT2D eigenvalue weighted by atomic mass is 16.5. The van der Waals surface area contributed by atoms with E-state index in [-0.39, 0.29) is 11.8 Å². The van der Waals surface area contributed by atoms with E-state index in [1.54, 1.807) is 29.7 Å². The van der Waals surface area contributed by atoms with Crippen molar-refractivity contribution in [3.8, 4) is 0 Å². The molecule has 0 spiro atoms. The summed E-state index contributed by atoms with van der Waals surface area (Å²) in [7, 11) is 0. The van der Waals surface area contributed by atoms with Crippen LogP contribution < -0.4 is 5.48 Å². The maximum Gasteiger partial charge on any atom is 0.261 e. The number of amides is 3. The van der Waals surface area contributed by atoms with Crippen molar-refractivity contribution in [1.82, 2.24) is 10.4 Å². The lowest BCUT2D eigenvalue weighted by Gasteiger charge is -2.17. The van der Waals surface area contributed by atoms with E-state index in [1.807, 2.05) is 30.3 Å². The summed E-state index contributed by atoms with van der Waals surface area (Å²) in [5, 5.41) is 8.97. The molecule has 3 rings (SSSR count). The summed E-state index contributed by atoms with van der Waals surface area (Å²) in [6, 6.07) is 16.0. The molecule has 0 saturated heterocycles. The van der Waals surface area contributed by atoms with Gasteiger partial charge < -0.3 is 0 Å². The Bertz CT molecular complexity index is 785. The fourth-order valence-corrected chi connectivity index (χ4v) is 3.27. The highest BCUT2D eigenvalue weighted by Crippen LogP contribution is 2.25. The monoisotopic (exact) mass is 352 g/mol. The van der Waals surface area contributed by atoms with Crippen LogP contribution in [0.5, 0.6) is 0 Å². The second-order valence-electron chi connectivity index (χ2n) is 6.24. The van der Waals surface area contributed by atoms with Gasteiger partial charge in [0.1, 0.15) is 0 Å². The van der Waals surface area contributed by atoms with Crippen LogP contribution in [0.4, 0.5) is 0 Å². The molecule has 0 saturated carbocycles. The van der Waals surface area contributed by atoms with Crippen molar-refractivity contribution >= 4 is 17.7 Å². The Morgan fingerprint density at radius 2 is 1.50 bits per heavy atom. The van der Waals surface area contributed by atoms with Gasteiger partial charge >= 0.3 is 0 Å². The van der Waals surface area contributed by atoms with Crippen LogP contribution in [-0.2, 0) is 4.79 Å². The van der Waals surface area contributed by atoms with E-state index in [0.29, 0.717) is 36.9 Å². The van der Waals surface area contributed by atoms with Crippen LogP contribution in [0.1, 0.15) is 51.5 Å². The molecule has 134 valence electrons. The van der Waals surface area contributed by atoms with E-state index in [1.165, 1.54) is 4.90 Å². The molecule has 1 heterocycles. The molecule has 0 aliphatic carbocycles. The van der Waals surface area contributed by atoms with E-state index < -0.39 is 11.8 Å². The summed E-state index contributed by atoms with van der Waals surface area (Å²) in [6.07, 6.45) is 1.74. The van der Waals surface area contributed by atoms with Crippen LogP contribution in [0.3, 0.4) is 0 Å². The van der Waals surface area contributed by atoms with Crippen LogP contribution in [0, 0.1) is 0 Å². The van der Waals surface area contributed by atoms with Crippen molar-refractivity contribution in [2.75, 3.05) is 6.54 Å². The van der Waals surface area contributed by atoms with E-state index in [9.17, 15) is 14.4 Å². The van der Waals surface area contributed by atoms with Crippen LogP contribution in [0.25, 0.3) is 0 Å². The molecule has 1 aliphatic heterocycles. The van der Waals surface area contributed by atoms with Gasteiger partial charge in [-0.3, -0.25) is 24.5 Å². The van der Waals surface area contributed by atoms with E-state index in [2.05, 4.69) is 0 Å². The Hall–Kier alpha value is -2.99. The second kappa shape index (κ2) is 7.93. The lowest BCUT2D eigenvalue weighted by Crippen LogP contribution is -2.31. The summed E-state index contributed by atoms with van der Waals surface area (Å²) in [5.41, 5.74) is 3.42. The van der Waals surface area contributed by atoms with Gasteiger partial charge in [-0.2, -0.15) is 0 Å². The number of hydrogen-bond donors (Lipinski definition) is 2. The number of hydroxylamine groups is 1. The predicted molar refractivity (Wildman–Crippen MR) is 94.8 cm³/mol. The van der Waals surface area contributed by atoms with Crippen LogP contribution >= 0.6 is 0 Å². The highest BCUT2D eigenvalue weighted by Gasteiger charge is 2.34. The minimum absolute atomic E-state index is 0.265. The van der Waals surface area contributed by atoms with Crippen molar-refractivity contribution in [3.63, 3.8) is 0 Å². The molecule has 0 aromatic heterocycles. The Kier molecular flexibility index (Phi) is 5.43. The minimum Gasteiger partial charge on any atom is -0.289 e. The number of rotatable bonds is 7. The lowest BCUT2D eigenvalue weighted by atomic mass is 9.93. The van der Waals surface area contributed by atoms with Gasteiger partial charge in [0, 0.05) is 6.54 Å². The van der Waals surface area contributed by atoms with Gasteiger partial charge in [-0.1, -0.05) is 48.9 Å². The molecule has 0 radical (unpaired) electrons. The quantitative estimate of drug-likeness (QED) is 0.347. The normalized spacial score (nSPS) is 14.3. The van der Waals surface area contributed by atoms with Gasteiger partial charge in [-0.05, 0) is 30.5 Å². The van der Waals surface area contributed by atoms with Crippen molar-refractivity contribution in [2.45, 2.75) is 25.2 Å². The Morgan fingerprint density at radius 3 is 2.08 bits per heavy atom. The average molecular weight is 352 g/mol. The largest absolute Gasteiger partial charge is 0.289 e. The van der Waals surface area contributed by atoms with Crippen molar-refractivity contribution in [3.05, 3.63) is 71.3 Å². The average Bonchev–Trinajstić information content (AvgIpc) is 2.93. The summed E-state index contributed by atoms with van der Waals surface area (Å²) in [6.45, 7) is 0.314. The molecule has 2 N–H and O–H groups in total. The van der Waals surface area contributed by atoms with Crippen molar-refractivity contribution in [1.29, 1.82) is 0 Å². The number of unbranched alkanes of at least 4 members (excludes halogenated alkanes) is 1. The highest BCUT2D eigenvalue weighted by molar-refractivity contribution is 6.21. The molecule has 2 aromatic carbocycles. The Morgan fingerprint density at radius 1 is 0.923 bits per heavy atom. The maximum atomic E-state index is 12.3. The standard InChI is InChI=1S/C20H20N2O4/c23-18(21-26)15(14-8-2-1-3-9-14)10-6-7-13-22-19(24)16-11-4-5-12-17(16)20(22)25/h1-5,8-9,11-12,15,26H,6-7,10,13H2,(H,21,23)/t15-/m1/s1. The van der Waals surface area contributed by atoms with Crippen molar-refractivity contribution in [2.24, 2.45) is 0 Å². The zero-order valence-corrected chi connectivity index (χ0v) is 14.2. The maximum absolute atomic E-state index is 12.3. The number of nitrogens with zero attached hydrogens (tertiary/aromatic N) is 1. The molecule has 6 heteroatoms. The number of nitrogens with one attached hydrogen (secondary N) is 1. The molecule has 0 fully saturated rings. The van der Waals surface area contributed by atoms with Gasteiger partial charge in [0.05, 0.1) is 17.0 Å². The lowest BCUT2D eigenvalue weighted by molar-refractivity contribution is -0.131. The molecule has 0 unspecified atom stereocenters. The van der Waals surface area contributed by atoms with Gasteiger partial charge in [-0.25, -0.2) is 5.48 Å². The molecule has 26 heavy (non-hydrogen) atoms. The number of carbonyl (C=O) groups excluding carboxylic acids is 3. The zero-order valence-electron chi connectivity index (χ0n) is 14.2. The molecule has 6 nitrogen and oxygen atoms in total. The number of hydrogen-bond acceptors (Lipinski definition) is 4. The molecule has 2 aromatic rings. The molecule has 1 atom stereocenters. The summed E-state index contributed by atoms with van der Waals surface area (Å²) in [5.74, 6) is -1.46. The van der Waals surface area contributed by atoms with Gasteiger partial charge in [0.25, 0.3) is 17.7 Å². The smallest absolute Gasteiger partial charge is 0.261 e. The first kappa shape index (κ1) is 17.8. The summed E-state index contributed by atoms with van der Waals surface area (Å²) < 4.78 is 0. The fraction of sp³-hybridized carbons (Fsp3) is 0.250. The first-order valence-corrected chi connectivity index (χ1v) is 8.57. The molecule has 1 aliphatic rings. The second-order valence-corrected chi connectivity index (χ2v) is 6.24. The fourth-order valence-electron chi connectivity index (χ4n) is 3.27. The van der Waals surface area contributed by atoms with E-state index in [0.717, 1.165) is 5.56 Å². The molecular formula is C20H20N2O4. The van der Waals surface area contributed by atoms with Gasteiger partial charge in [0.2, 0.25) is 0 Å². The van der Waals surface area contributed by atoms with Crippen LogP contribution in [-0.4, -0.2) is 34.4 Å². The topological polar surface area (TPSA) is 86.7 Å². The van der Waals surface area contributed by atoms with E-state index >= 15 is 0 Å². The number of imide groups is 1. The molecular weight excluding hydrogens is 332 g/mol. The van der Waals surface area contributed by atoms with Gasteiger partial charge in [-0.15, -0.1) is 0 Å². The third-order valence-electron chi connectivity index (χ3n) is 4.63. The van der Waals surface area contributed by atoms with Gasteiger partial charge in [0.15, 0.2) is 0 Å². The third kappa shape index (κ3) is 3.50. The predicted octanol–water partition coefficient (Wildman–Crippen LogP) is 2.74. The zero-order chi connectivity index (χ0) is 18.5. The summed E-state index contributed by atoms with van der Waals surface area (Å²) >= 11 is 0. The Labute approximate surface area is 151 Å².